The van der Waals surface area contributed by atoms with E-state index in [-0.39, 0.29) is 25.3 Å². The minimum Gasteiger partial charge on any atom is -0.361 e. The van der Waals surface area contributed by atoms with Gasteiger partial charge in [-0.15, -0.1) is 0 Å². The fourth-order valence-corrected chi connectivity index (χ4v) is 3.97. The first-order valence-electron chi connectivity index (χ1n) is 11.9. The number of ether oxygens (including phenoxy) is 2. The van der Waals surface area contributed by atoms with Gasteiger partial charge in [0, 0.05) is 35.8 Å². The Hall–Kier alpha value is -2.91. The zero-order valence-corrected chi connectivity index (χ0v) is 21.3. The topological polar surface area (TPSA) is 97.4 Å². The van der Waals surface area contributed by atoms with Gasteiger partial charge in [0.2, 0.25) is 11.9 Å². The molecule has 0 bridgehead atoms. The van der Waals surface area contributed by atoms with Gasteiger partial charge in [-0.05, 0) is 54.7 Å². The molecule has 1 fully saturated rings. The smallest absolute Gasteiger partial charge is 0.239 e. The Kier molecular flexibility index (Phi) is 9.75. The number of hydrogen-bond acceptors (Lipinski definition) is 7. The summed E-state index contributed by atoms with van der Waals surface area (Å²) in [6, 6.07) is 16.7. The molecule has 1 aliphatic heterocycles. The van der Waals surface area contributed by atoms with E-state index in [1.807, 2.05) is 36.4 Å². The molecule has 1 aromatic heterocycles. The van der Waals surface area contributed by atoms with E-state index in [1.54, 1.807) is 18.2 Å². The zero-order chi connectivity index (χ0) is 25.2. The molecule has 8 nitrogen and oxygen atoms in total. The first kappa shape index (κ1) is 26.2. The van der Waals surface area contributed by atoms with Crippen LogP contribution in [0.25, 0.3) is 0 Å². The van der Waals surface area contributed by atoms with Crippen molar-refractivity contribution in [3.63, 3.8) is 0 Å². The lowest BCUT2D eigenvalue weighted by atomic mass is 10.2. The van der Waals surface area contributed by atoms with Crippen LogP contribution in [0.4, 0.5) is 11.8 Å². The molecule has 1 unspecified atom stereocenters. The number of halogens is 2. The van der Waals surface area contributed by atoms with Gasteiger partial charge in [-0.2, -0.15) is 4.98 Å². The Morgan fingerprint density at radius 3 is 2.61 bits per heavy atom. The van der Waals surface area contributed by atoms with Crippen LogP contribution in [-0.4, -0.2) is 35.3 Å². The Morgan fingerprint density at radius 1 is 0.972 bits per heavy atom. The van der Waals surface area contributed by atoms with Gasteiger partial charge in [-0.25, -0.2) is 4.98 Å². The minimum absolute atomic E-state index is 0.0599. The number of rotatable bonds is 11. The molecular weight excluding hydrogens is 501 g/mol. The number of benzene rings is 2. The summed E-state index contributed by atoms with van der Waals surface area (Å²) in [5.74, 6) is 0.776. The van der Waals surface area contributed by atoms with Crippen molar-refractivity contribution in [2.24, 2.45) is 0 Å². The second-order valence-corrected chi connectivity index (χ2v) is 9.29. The average Bonchev–Trinajstić information content (AvgIpc) is 2.90. The number of anilines is 2. The molecule has 2 aromatic carbocycles. The quantitative estimate of drug-likeness (QED) is 0.315. The second-order valence-electron chi connectivity index (χ2n) is 8.42. The Balaban J connectivity index is 1.37. The highest BCUT2D eigenvalue weighted by molar-refractivity contribution is 6.30. The molecule has 0 spiro atoms. The van der Waals surface area contributed by atoms with Gasteiger partial charge in [0.25, 0.3) is 0 Å². The highest BCUT2D eigenvalue weighted by Crippen LogP contribution is 2.18. The Bertz CT molecular complexity index is 1140. The maximum Gasteiger partial charge on any atom is 0.239 e. The molecule has 3 N–H and O–H groups in total. The van der Waals surface area contributed by atoms with Crippen molar-refractivity contribution in [3.05, 3.63) is 81.5 Å². The summed E-state index contributed by atoms with van der Waals surface area (Å²) in [6.45, 7) is 1.95. The van der Waals surface area contributed by atoms with Crippen LogP contribution in [0.15, 0.2) is 54.6 Å². The Morgan fingerprint density at radius 2 is 1.83 bits per heavy atom. The van der Waals surface area contributed by atoms with Crippen LogP contribution in [0.3, 0.4) is 0 Å². The summed E-state index contributed by atoms with van der Waals surface area (Å²) >= 11 is 12.0. The first-order valence-corrected chi connectivity index (χ1v) is 12.6. The number of carbonyl (C=O) groups is 1. The van der Waals surface area contributed by atoms with Gasteiger partial charge in [0.1, 0.15) is 5.82 Å². The maximum atomic E-state index is 12.4. The molecule has 4 rings (SSSR count). The van der Waals surface area contributed by atoms with E-state index >= 15 is 0 Å². The fourth-order valence-electron chi connectivity index (χ4n) is 3.63. The van der Waals surface area contributed by atoms with Crippen LogP contribution in [0, 0.1) is 0 Å². The number of hydrogen-bond donors (Lipinski definition) is 3. The van der Waals surface area contributed by atoms with Gasteiger partial charge in [0.05, 0.1) is 18.8 Å². The van der Waals surface area contributed by atoms with E-state index in [0.717, 1.165) is 30.4 Å². The second kappa shape index (κ2) is 13.4. The summed E-state index contributed by atoms with van der Waals surface area (Å²) in [5.41, 5.74) is 2.64. The van der Waals surface area contributed by atoms with Crippen molar-refractivity contribution in [2.75, 3.05) is 23.8 Å². The van der Waals surface area contributed by atoms with E-state index in [2.05, 4.69) is 25.9 Å². The zero-order valence-electron chi connectivity index (χ0n) is 19.8. The molecule has 190 valence electrons. The molecule has 1 amide bonds. The van der Waals surface area contributed by atoms with E-state index in [0.29, 0.717) is 47.2 Å². The first-order chi connectivity index (χ1) is 17.5. The molecule has 0 radical (unpaired) electrons. The van der Waals surface area contributed by atoms with Crippen LogP contribution in [-0.2, 0) is 34.0 Å². The van der Waals surface area contributed by atoms with Gasteiger partial charge < -0.3 is 25.4 Å². The number of amides is 1. The average molecular weight is 530 g/mol. The number of nitrogens with zero attached hydrogens (tertiary/aromatic N) is 2. The summed E-state index contributed by atoms with van der Waals surface area (Å²) < 4.78 is 11.6. The van der Waals surface area contributed by atoms with Crippen LogP contribution < -0.4 is 16.0 Å². The molecule has 10 heteroatoms. The molecular formula is C26H29Cl2N5O3. The third kappa shape index (κ3) is 8.64. The van der Waals surface area contributed by atoms with Gasteiger partial charge in [-0.1, -0.05) is 47.5 Å². The molecule has 2 heterocycles. The summed E-state index contributed by atoms with van der Waals surface area (Å²) in [5, 5.41) is 10.5. The molecule has 0 saturated carbocycles. The predicted octanol–water partition coefficient (Wildman–Crippen LogP) is 5.17. The Labute approximate surface area is 220 Å². The monoisotopic (exact) mass is 529 g/mol. The van der Waals surface area contributed by atoms with Crippen molar-refractivity contribution in [2.45, 2.75) is 45.2 Å². The SMILES string of the molecule is O=C(CNc1cc(COC2CCCCO2)nc(NCc2cccc(Cl)c2)n1)NCc1ccc(Cl)cc1. The largest absolute Gasteiger partial charge is 0.361 e. The molecule has 36 heavy (non-hydrogen) atoms. The van der Waals surface area contributed by atoms with Gasteiger partial charge >= 0.3 is 0 Å². The van der Waals surface area contributed by atoms with Crippen molar-refractivity contribution in [1.82, 2.24) is 15.3 Å². The molecule has 0 aliphatic carbocycles. The van der Waals surface area contributed by atoms with Crippen molar-refractivity contribution < 1.29 is 14.3 Å². The lowest BCUT2D eigenvalue weighted by Crippen LogP contribution is -2.29. The summed E-state index contributed by atoms with van der Waals surface area (Å²) in [6.07, 6.45) is 2.77. The van der Waals surface area contributed by atoms with Gasteiger partial charge in [-0.3, -0.25) is 4.79 Å². The van der Waals surface area contributed by atoms with E-state index < -0.39 is 0 Å². The lowest BCUT2D eigenvalue weighted by Gasteiger charge is -2.22. The van der Waals surface area contributed by atoms with Crippen LogP contribution in [0.2, 0.25) is 10.0 Å². The lowest BCUT2D eigenvalue weighted by molar-refractivity contribution is -0.169. The number of carbonyl (C=O) groups excluding carboxylic acids is 1. The highest BCUT2D eigenvalue weighted by atomic mass is 35.5. The van der Waals surface area contributed by atoms with Crippen LogP contribution in [0.5, 0.6) is 0 Å². The van der Waals surface area contributed by atoms with Crippen molar-refractivity contribution in [1.29, 1.82) is 0 Å². The van der Waals surface area contributed by atoms with Crippen LogP contribution in [0.1, 0.15) is 36.1 Å². The molecule has 1 saturated heterocycles. The van der Waals surface area contributed by atoms with Crippen molar-refractivity contribution in [3.8, 4) is 0 Å². The third-order valence-corrected chi connectivity index (χ3v) is 5.99. The van der Waals surface area contributed by atoms with E-state index in [9.17, 15) is 4.79 Å². The normalized spacial score (nSPS) is 15.3. The van der Waals surface area contributed by atoms with E-state index in [4.69, 9.17) is 32.7 Å². The standard InChI is InChI=1S/C26H29Cl2N5O3/c27-20-9-7-18(8-10-20)14-30-24(34)16-29-23-13-22(17-36-25-6-1-2-11-35-25)32-26(33-23)31-15-19-4-3-5-21(28)12-19/h3-5,7-10,12-13,25H,1-2,6,11,14-17H2,(H,30,34)(H2,29,31,32,33). The summed E-state index contributed by atoms with van der Waals surface area (Å²) in [7, 11) is 0. The molecule has 3 aromatic rings. The predicted molar refractivity (Wildman–Crippen MR) is 141 cm³/mol. The van der Waals surface area contributed by atoms with Crippen LogP contribution >= 0.6 is 23.2 Å². The summed E-state index contributed by atoms with van der Waals surface area (Å²) in [4.78, 5) is 21.5. The maximum absolute atomic E-state index is 12.4. The molecule has 1 aliphatic rings. The minimum atomic E-state index is -0.230. The fraction of sp³-hybridized carbons (Fsp3) is 0.346. The third-order valence-electron chi connectivity index (χ3n) is 5.51. The van der Waals surface area contributed by atoms with E-state index in [1.165, 1.54) is 0 Å². The highest BCUT2D eigenvalue weighted by Gasteiger charge is 2.15. The number of nitrogens with one attached hydrogen (secondary N) is 3. The number of aromatic nitrogens is 2. The van der Waals surface area contributed by atoms with Crippen molar-refractivity contribution >= 4 is 40.9 Å². The molecule has 1 atom stereocenters. The van der Waals surface area contributed by atoms with Gasteiger partial charge in [0.15, 0.2) is 6.29 Å².